The fraction of sp³-hybridized carbons (Fsp3) is 0.130. The van der Waals surface area contributed by atoms with Crippen LogP contribution in [0.5, 0.6) is 11.5 Å². The van der Waals surface area contributed by atoms with Crippen molar-refractivity contribution in [2.24, 2.45) is 0 Å². The number of fused-ring (bicyclic) bond motifs is 1. The molecule has 36 heavy (non-hydrogen) atoms. The van der Waals surface area contributed by atoms with Crippen LogP contribution in [0.25, 0.3) is 34.0 Å². The first-order valence-electron chi connectivity index (χ1n) is 10.2. The molecule has 0 aliphatic carbocycles. The van der Waals surface area contributed by atoms with Crippen molar-refractivity contribution in [3.63, 3.8) is 0 Å². The van der Waals surface area contributed by atoms with Crippen LogP contribution in [0.2, 0.25) is 0 Å². The zero-order chi connectivity index (χ0) is 25.4. The number of aromatic nitrogens is 5. The van der Waals surface area contributed by atoms with E-state index in [-0.39, 0.29) is 23.7 Å². The van der Waals surface area contributed by atoms with Crippen LogP contribution in [0.1, 0.15) is 5.76 Å². The minimum Gasteiger partial charge on any atom is -0.496 e. The second kappa shape index (κ2) is 8.91. The molecule has 0 atom stereocenters. The largest absolute Gasteiger partial charge is 0.573 e. The summed E-state index contributed by atoms with van der Waals surface area (Å²) in [7, 11) is 1.30. The highest BCUT2D eigenvalue weighted by Crippen LogP contribution is 2.35. The number of halogens is 5. The quantitative estimate of drug-likeness (QED) is 0.289. The molecule has 2 aliphatic rings. The molecule has 0 saturated heterocycles. The van der Waals surface area contributed by atoms with Crippen molar-refractivity contribution in [1.82, 2.24) is 24.9 Å². The SMILES string of the molecule is COc1cc(OC(F)(F)F)ccc1-c1cc(Cn2cc3nc(-c4cccc(F)c4F)nc-3cn2)on1. The highest BCUT2D eigenvalue weighted by atomic mass is 19.4. The monoisotopic (exact) mass is 503 g/mol. The van der Waals surface area contributed by atoms with Crippen LogP contribution in [0.15, 0.2) is 59.4 Å². The summed E-state index contributed by atoms with van der Waals surface area (Å²) in [6.45, 7) is 0.122. The number of methoxy groups -OCH3 is 1. The van der Waals surface area contributed by atoms with E-state index in [2.05, 4.69) is 25.0 Å². The van der Waals surface area contributed by atoms with Gasteiger partial charge in [0.1, 0.15) is 35.1 Å². The first kappa shape index (κ1) is 23.2. The Bertz CT molecular complexity index is 1510. The van der Waals surface area contributed by atoms with Gasteiger partial charge in [-0.15, -0.1) is 13.2 Å². The van der Waals surface area contributed by atoms with Crippen molar-refractivity contribution in [1.29, 1.82) is 0 Å². The van der Waals surface area contributed by atoms with E-state index in [1.807, 2.05) is 0 Å². The van der Waals surface area contributed by atoms with Crippen molar-refractivity contribution < 1.29 is 35.9 Å². The summed E-state index contributed by atoms with van der Waals surface area (Å²) < 4.78 is 81.1. The number of benzene rings is 2. The molecule has 5 rings (SSSR count). The smallest absolute Gasteiger partial charge is 0.496 e. The first-order chi connectivity index (χ1) is 17.2. The summed E-state index contributed by atoms with van der Waals surface area (Å²) in [6.07, 6.45) is -1.87. The van der Waals surface area contributed by atoms with Gasteiger partial charge in [-0.1, -0.05) is 11.2 Å². The number of nitrogens with zero attached hydrogens (tertiary/aromatic N) is 5. The molecular weight excluding hydrogens is 489 g/mol. The van der Waals surface area contributed by atoms with Gasteiger partial charge in [0.2, 0.25) is 0 Å². The van der Waals surface area contributed by atoms with Gasteiger partial charge < -0.3 is 14.0 Å². The minimum atomic E-state index is -4.84. The van der Waals surface area contributed by atoms with Crippen molar-refractivity contribution >= 4 is 0 Å². The highest BCUT2D eigenvalue weighted by molar-refractivity contribution is 5.68. The summed E-state index contributed by atoms with van der Waals surface area (Å²) in [5.41, 5.74) is 1.41. The molecular formula is C23H14F5N5O3. The second-order valence-corrected chi connectivity index (χ2v) is 7.48. The molecule has 1 aromatic heterocycles. The summed E-state index contributed by atoms with van der Waals surface area (Å²) in [6, 6.07) is 8.91. The van der Waals surface area contributed by atoms with Gasteiger partial charge in [-0.2, -0.15) is 5.10 Å². The summed E-state index contributed by atoms with van der Waals surface area (Å²) in [5, 5.41) is 8.18. The number of hydrogen-bond donors (Lipinski definition) is 0. The van der Waals surface area contributed by atoms with Gasteiger partial charge >= 0.3 is 6.36 Å². The highest BCUT2D eigenvalue weighted by Gasteiger charge is 2.31. The molecule has 0 radical (unpaired) electrons. The average Bonchev–Trinajstić information content (AvgIpc) is 3.46. The molecule has 2 aliphatic heterocycles. The number of imidazole rings is 1. The lowest BCUT2D eigenvalue weighted by molar-refractivity contribution is -0.274. The standard InChI is InChI=1S/C23H14F5N5O3/c1-34-20-8-12(35-23(26,27)28)5-6-14(20)17-7-13(36-32-17)10-33-11-19-18(9-29-33)30-22(31-19)15-3-2-4-16(24)21(15)25/h2-9,11H,10H2,1H3. The lowest BCUT2D eigenvalue weighted by atomic mass is 10.1. The molecule has 0 amide bonds. The first-order valence-corrected chi connectivity index (χ1v) is 10.2. The third-order valence-electron chi connectivity index (χ3n) is 5.07. The predicted molar refractivity (Wildman–Crippen MR) is 114 cm³/mol. The normalized spacial score (nSPS) is 11.7. The van der Waals surface area contributed by atoms with E-state index in [1.54, 1.807) is 12.3 Å². The van der Waals surface area contributed by atoms with E-state index in [0.29, 0.717) is 28.4 Å². The van der Waals surface area contributed by atoms with Crippen LogP contribution < -0.4 is 9.47 Å². The van der Waals surface area contributed by atoms with Crippen molar-refractivity contribution in [3.05, 3.63) is 72.3 Å². The van der Waals surface area contributed by atoms with E-state index >= 15 is 0 Å². The van der Waals surface area contributed by atoms with Gasteiger partial charge in [-0.25, -0.2) is 18.7 Å². The topological polar surface area (TPSA) is 88.1 Å². The summed E-state index contributed by atoms with van der Waals surface area (Å²) in [4.78, 5) is 8.46. The Morgan fingerprint density at radius 2 is 1.78 bits per heavy atom. The van der Waals surface area contributed by atoms with Crippen molar-refractivity contribution in [2.45, 2.75) is 12.9 Å². The zero-order valence-electron chi connectivity index (χ0n) is 18.3. The number of alkyl halides is 3. The molecule has 0 fully saturated rings. The van der Waals surface area contributed by atoms with E-state index < -0.39 is 23.7 Å². The van der Waals surface area contributed by atoms with Gasteiger partial charge in [-0.05, 0) is 24.3 Å². The average molecular weight is 503 g/mol. The maximum Gasteiger partial charge on any atom is 0.573 e. The molecule has 3 aromatic rings. The Morgan fingerprint density at radius 1 is 0.972 bits per heavy atom. The van der Waals surface area contributed by atoms with Crippen LogP contribution in [0, 0.1) is 11.6 Å². The summed E-state index contributed by atoms with van der Waals surface area (Å²) >= 11 is 0. The van der Waals surface area contributed by atoms with Crippen molar-refractivity contribution in [3.8, 4) is 45.5 Å². The van der Waals surface area contributed by atoms with Crippen LogP contribution in [-0.4, -0.2) is 38.4 Å². The molecule has 0 bridgehead atoms. The van der Waals surface area contributed by atoms with Crippen LogP contribution >= 0.6 is 0 Å². The van der Waals surface area contributed by atoms with Gasteiger partial charge in [0, 0.05) is 17.7 Å². The molecule has 13 heteroatoms. The van der Waals surface area contributed by atoms with Crippen LogP contribution in [0.3, 0.4) is 0 Å². The zero-order valence-corrected chi connectivity index (χ0v) is 18.3. The molecule has 2 aromatic carbocycles. The third-order valence-corrected chi connectivity index (χ3v) is 5.07. The maximum atomic E-state index is 14.1. The molecule has 184 valence electrons. The number of hydrogen-bond acceptors (Lipinski definition) is 7. The van der Waals surface area contributed by atoms with E-state index in [4.69, 9.17) is 9.26 Å². The lowest BCUT2D eigenvalue weighted by Crippen LogP contribution is -2.17. The van der Waals surface area contributed by atoms with E-state index in [9.17, 15) is 22.0 Å². The Kier molecular flexibility index (Phi) is 5.74. The molecule has 0 unspecified atom stereocenters. The Morgan fingerprint density at radius 3 is 2.56 bits per heavy atom. The van der Waals surface area contributed by atoms with E-state index in [1.165, 1.54) is 36.2 Å². The van der Waals surface area contributed by atoms with Crippen LogP contribution in [0.4, 0.5) is 22.0 Å². The molecule has 8 nitrogen and oxygen atoms in total. The Balaban J connectivity index is 1.38. The second-order valence-electron chi connectivity index (χ2n) is 7.48. The lowest BCUT2D eigenvalue weighted by Gasteiger charge is -2.11. The molecule has 3 heterocycles. The fourth-order valence-electron chi connectivity index (χ4n) is 3.50. The van der Waals surface area contributed by atoms with Gasteiger partial charge in [0.05, 0.1) is 25.1 Å². The van der Waals surface area contributed by atoms with Crippen molar-refractivity contribution in [2.75, 3.05) is 7.11 Å². The van der Waals surface area contributed by atoms with Gasteiger partial charge in [0.25, 0.3) is 0 Å². The van der Waals surface area contributed by atoms with Gasteiger partial charge in [0.15, 0.2) is 23.2 Å². The Hall–Kier alpha value is -4.55. The molecule has 0 saturated carbocycles. The molecule has 0 spiro atoms. The third kappa shape index (κ3) is 4.67. The summed E-state index contributed by atoms with van der Waals surface area (Å²) in [5.74, 6) is -1.99. The minimum absolute atomic E-state index is 0.0218. The fourth-order valence-corrected chi connectivity index (χ4v) is 3.50. The number of ether oxygens (including phenoxy) is 2. The maximum absolute atomic E-state index is 14.1. The molecule has 0 N–H and O–H groups in total. The van der Waals surface area contributed by atoms with E-state index in [0.717, 1.165) is 18.2 Å². The van der Waals surface area contributed by atoms with Crippen LogP contribution in [-0.2, 0) is 6.54 Å². The predicted octanol–water partition coefficient (Wildman–Crippen LogP) is 5.33. The van der Waals surface area contributed by atoms with Gasteiger partial charge in [-0.3, -0.25) is 4.68 Å². The number of rotatable bonds is 6. The Labute approximate surface area is 199 Å².